The van der Waals surface area contributed by atoms with Gasteiger partial charge in [0.15, 0.2) is 0 Å². The van der Waals surface area contributed by atoms with Gasteiger partial charge in [-0.15, -0.1) is 12.4 Å². The first-order valence-electron chi connectivity index (χ1n) is 6.40. The smallest absolute Gasteiger partial charge is 0.122 e. The van der Waals surface area contributed by atoms with Crippen LogP contribution in [0.4, 0.5) is 5.69 Å². The Bertz CT molecular complexity index is 597. The second kappa shape index (κ2) is 7.55. The molecule has 5 heteroatoms. The Morgan fingerprint density at radius 3 is 2.38 bits per heavy atom. The highest BCUT2D eigenvalue weighted by atomic mass is 35.5. The molecule has 0 saturated heterocycles. The van der Waals surface area contributed by atoms with E-state index in [-0.39, 0.29) is 18.2 Å². The van der Waals surface area contributed by atoms with Crippen LogP contribution in [-0.4, -0.2) is 19.9 Å². The quantitative estimate of drug-likeness (QED) is 0.659. The van der Waals surface area contributed by atoms with Crippen molar-refractivity contribution < 1.29 is 4.74 Å². The lowest BCUT2D eigenvalue weighted by molar-refractivity contribution is 0.306. The summed E-state index contributed by atoms with van der Waals surface area (Å²) in [5, 5.41) is 7.41. The minimum atomic E-state index is 0. The van der Waals surface area contributed by atoms with Crippen molar-refractivity contribution in [1.29, 1.82) is 5.41 Å². The van der Waals surface area contributed by atoms with Gasteiger partial charge in [-0.1, -0.05) is 24.3 Å². The van der Waals surface area contributed by atoms with Gasteiger partial charge in [-0.2, -0.15) is 0 Å². The Hall–Kier alpha value is -2.20. The Balaban J connectivity index is 0.00000220. The molecule has 0 aliphatic rings. The van der Waals surface area contributed by atoms with E-state index in [1.165, 1.54) is 0 Å². The molecule has 2 aromatic rings. The minimum Gasteiger partial charge on any atom is -0.489 e. The second-order valence-corrected chi connectivity index (χ2v) is 4.79. The first-order chi connectivity index (χ1) is 9.56. The predicted molar refractivity (Wildman–Crippen MR) is 89.8 cm³/mol. The monoisotopic (exact) mass is 305 g/mol. The number of nitrogens with zero attached hydrogens (tertiary/aromatic N) is 1. The van der Waals surface area contributed by atoms with Crippen LogP contribution in [0.3, 0.4) is 0 Å². The topological polar surface area (TPSA) is 62.3 Å². The van der Waals surface area contributed by atoms with Crippen molar-refractivity contribution >= 4 is 23.9 Å². The Labute approximate surface area is 131 Å². The second-order valence-electron chi connectivity index (χ2n) is 4.79. The molecule has 0 atom stereocenters. The van der Waals surface area contributed by atoms with E-state index < -0.39 is 0 Å². The van der Waals surface area contributed by atoms with E-state index in [4.69, 9.17) is 15.9 Å². The summed E-state index contributed by atoms with van der Waals surface area (Å²) in [5.74, 6) is 0.764. The summed E-state index contributed by atoms with van der Waals surface area (Å²) in [6.07, 6.45) is 0. The van der Waals surface area contributed by atoms with Gasteiger partial charge in [0.2, 0.25) is 0 Å². The summed E-state index contributed by atoms with van der Waals surface area (Å²) in [7, 11) is 4.03. The maximum absolute atomic E-state index is 7.41. The van der Waals surface area contributed by atoms with Crippen molar-refractivity contribution in [3.05, 3.63) is 59.7 Å². The summed E-state index contributed by atoms with van der Waals surface area (Å²) >= 11 is 0. The van der Waals surface area contributed by atoms with Crippen LogP contribution in [0, 0.1) is 5.41 Å². The molecule has 0 spiro atoms. The molecule has 112 valence electrons. The number of hydrogen-bond donors (Lipinski definition) is 2. The number of nitrogens with two attached hydrogens (primary N) is 1. The lowest BCUT2D eigenvalue weighted by Crippen LogP contribution is -2.11. The van der Waals surface area contributed by atoms with Crippen molar-refractivity contribution in [1.82, 2.24) is 0 Å². The third-order valence-electron chi connectivity index (χ3n) is 3.00. The molecule has 0 radical (unpaired) electrons. The number of amidine groups is 1. The molecule has 21 heavy (non-hydrogen) atoms. The molecule has 0 aliphatic heterocycles. The number of nitrogens with one attached hydrogen (secondary N) is 1. The van der Waals surface area contributed by atoms with Gasteiger partial charge in [-0.3, -0.25) is 5.41 Å². The lowest BCUT2D eigenvalue weighted by atomic mass is 10.2. The summed E-state index contributed by atoms with van der Waals surface area (Å²) in [6.45, 7) is 0.495. The van der Waals surface area contributed by atoms with Crippen LogP contribution < -0.4 is 15.4 Å². The number of hydrogen-bond acceptors (Lipinski definition) is 3. The van der Waals surface area contributed by atoms with Gasteiger partial charge in [0.25, 0.3) is 0 Å². The number of anilines is 1. The van der Waals surface area contributed by atoms with E-state index >= 15 is 0 Å². The largest absolute Gasteiger partial charge is 0.489 e. The zero-order valence-electron chi connectivity index (χ0n) is 12.2. The van der Waals surface area contributed by atoms with Crippen molar-refractivity contribution in [3.8, 4) is 5.75 Å². The lowest BCUT2D eigenvalue weighted by Gasteiger charge is -2.13. The average molecular weight is 306 g/mol. The van der Waals surface area contributed by atoms with Gasteiger partial charge < -0.3 is 15.4 Å². The molecule has 0 amide bonds. The molecule has 0 aromatic heterocycles. The van der Waals surface area contributed by atoms with Crippen molar-refractivity contribution in [2.45, 2.75) is 6.61 Å². The third kappa shape index (κ3) is 4.68. The molecule has 0 saturated carbocycles. The summed E-state index contributed by atoms with van der Waals surface area (Å²) < 4.78 is 5.72. The van der Waals surface area contributed by atoms with Crippen molar-refractivity contribution in [2.75, 3.05) is 19.0 Å². The Kier molecular flexibility index (Phi) is 6.06. The van der Waals surface area contributed by atoms with Crippen LogP contribution in [0.2, 0.25) is 0 Å². The summed E-state index contributed by atoms with van der Waals surface area (Å²) in [5.41, 5.74) is 8.39. The molecular formula is C16H20ClN3O. The standard InChI is InChI=1S/C16H19N3O.ClH/c1-19(2)14-8-6-12(7-9-14)11-20-15-5-3-4-13(10-15)16(17)18;/h3-10H,11H2,1-2H3,(H3,17,18);1H. The number of nitrogen functional groups attached to an aromatic ring is 1. The summed E-state index contributed by atoms with van der Waals surface area (Å²) in [4.78, 5) is 2.06. The highest BCUT2D eigenvalue weighted by molar-refractivity contribution is 5.95. The zero-order chi connectivity index (χ0) is 14.5. The fourth-order valence-electron chi connectivity index (χ4n) is 1.81. The van der Waals surface area contributed by atoms with Crippen molar-refractivity contribution in [2.24, 2.45) is 5.73 Å². The van der Waals surface area contributed by atoms with Crippen LogP contribution in [0.5, 0.6) is 5.75 Å². The molecule has 2 rings (SSSR count). The molecule has 0 bridgehead atoms. The maximum Gasteiger partial charge on any atom is 0.122 e. The van der Waals surface area contributed by atoms with Gasteiger partial charge in [-0.05, 0) is 29.8 Å². The van der Waals surface area contributed by atoms with Crippen LogP contribution in [0.25, 0.3) is 0 Å². The van der Waals surface area contributed by atoms with Gasteiger partial charge in [-0.25, -0.2) is 0 Å². The van der Waals surface area contributed by atoms with Gasteiger partial charge in [0.1, 0.15) is 18.2 Å². The molecule has 3 N–H and O–H groups in total. The number of benzene rings is 2. The number of rotatable bonds is 5. The van der Waals surface area contributed by atoms with E-state index in [9.17, 15) is 0 Å². The first-order valence-corrected chi connectivity index (χ1v) is 6.40. The highest BCUT2D eigenvalue weighted by Gasteiger charge is 2.01. The van der Waals surface area contributed by atoms with Crippen LogP contribution in [0.15, 0.2) is 48.5 Å². The van der Waals surface area contributed by atoms with Gasteiger partial charge in [0.05, 0.1) is 0 Å². The van der Waals surface area contributed by atoms with E-state index in [0.29, 0.717) is 12.2 Å². The van der Waals surface area contributed by atoms with E-state index in [1.807, 2.05) is 38.4 Å². The predicted octanol–water partition coefficient (Wildman–Crippen LogP) is 3.04. The van der Waals surface area contributed by atoms with E-state index in [2.05, 4.69) is 17.0 Å². The van der Waals surface area contributed by atoms with E-state index in [0.717, 1.165) is 17.0 Å². The fraction of sp³-hybridized carbons (Fsp3) is 0.188. The van der Waals surface area contributed by atoms with Crippen LogP contribution in [0.1, 0.15) is 11.1 Å². The van der Waals surface area contributed by atoms with Gasteiger partial charge >= 0.3 is 0 Å². The van der Waals surface area contributed by atoms with Crippen LogP contribution in [-0.2, 0) is 6.61 Å². The first kappa shape index (κ1) is 16.9. The minimum absolute atomic E-state index is 0. The zero-order valence-corrected chi connectivity index (χ0v) is 13.0. The SMILES string of the molecule is CN(C)c1ccc(COc2cccc(C(=N)N)c2)cc1.Cl. The Morgan fingerprint density at radius 1 is 1.14 bits per heavy atom. The molecule has 4 nitrogen and oxygen atoms in total. The fourth-order valence-corrected chi connectivity index (χ4v) is 1.81. The van der Waals surface area contributed by atoms with Gasteiger partial charge in [0, 0.05) is 25.3 Å². The normalized spacial score (nSPS) is 9.62. The molecule has 0 aliphatic carbocycles. The number of halogens is 1. The van der Waals surface area contributed by atoms with Crippen molar-refractivity contribution in [3.63, 3.8) is 0 Å². The van der Waals surface area contributed by atoms with Crippen LogP contribution >= 0.6 is 12.4 Å². The third-order valence-corrected chi connectivity index (χ3v) is 3.00. The Morgan fingerprint density at radius 2 is 1.81 bits per heavy atom. The molecule has 2 aromatic carbocycles. The average Bonchev–Trinajstić information content (AvgIpc) is 2.46. The molecular weight excluding hydrogens is 286 g/mol. The van der Waals surface area contributed by atoms with E-state index in [1.54, 1.807) is 12.1 Å². The maximum atomic E-state index is 7.41. The summed E-state index contributed by atoms with van der Waals surface area (Å²) in [6, 6.07) is 15.5. The molecule has 0 unspecified atom stereocenters. The molecule has 0 fully saturated rings. The number of ether oxygens (including phenoxy) is 1. The molecule has 0 heterocycles. The highest BCUT2D eigenvalue weighted by Crippen LogP contribution is 2.17.